The molecule has 1 fully saturated rings. The molecule has 1 aliphatic rings. The molecular weight excluding hydrogens is 326 g/mol. The van der Waals surface area contributed by atoms with E-state index < -0.39 is 6.10 Å². The van der Waals surface area contributed by atoms with Gasteiger partial charge in [0.15, 0.2) is 5.76 Å². The zero-order chi connectivity index (χ0) is 17.1. The molecule has 0 aliphatic carbocycles. The van der Waals surface area contributed by atoms with Crippen molar-refractivity contribution in [3.63, 3.8) is 0 Å². The second kappa shape index (κ2) is 7.36. The number of nitrogens with zero attached hydrogens (tertiary/aromatic N) is 2. The molecule has 7 heteroatoms. The van der Waals surface area contributed by atoms with Crippen LogP contribution in [0.2, 0.25) is 0 Å². The molecule has 0 aromatic carbocycles. The first-order valence-electron chi connectivity index (χ1n) is 8.34. The van der Waals surface area contributed by atoms with Crippen molar-refractivity contribution in [2.75, 3.05) is 11.9 Å². The molecule has 0 bridgehead atoms. The Labute approximate surface area is 145 Å². The monoisotopic (exact) mass is 349 g/mol. The SMILES string of the molecule is CCc1noc(C)c1NC(=O)N1CCCC1CC(O)c1cccs1. The van der Waals surface area contributed by atoms with Crippen molar-refractivity contribution in [1.82, 2.24) is 10.1 Å². The van der Waals surface area contributed by atoms with Crippen LogP contribution in [0.1, 0.15) is 48.6 Å². The fraction of sp³-hybridized carbons (Fsp3) is 0.529. The van der Waals surface area contributed by atoms with Crippen molar-refractivity contribution in [2.24, 2.45) is 0 Å². The lowest BCUT2D eigenvalue weighted by Crippen LogP contribution is -2.39. The molecule has 0 saturated carbocycles. The topological polar surface area (TPSA) is 78.6 Å². The molecule has 2 unspecified atom stereocenters. The number of carbonyl (C=O) groups is 1. The van der Waals surface area contributed by atoms with E-state index >= 15 is 0 Å². The molecule has 3 heterocycles. The van der Waals surface area contributed by atoms with Crippen LogP contribution < -0.4 is 5.32 Å². The van der Waals surface area contributed by atoms with Gasteiger partial charge in [0.2, 0.25) is 0 Å². The molecule has 1 saturated heterocycles. The minimum atomic E-state index is -0.521. The van der Waals surface area contributed by atoms with Gasteiger partial charge in [-0.1, -0.05) is 18.1 Å². The zero-order valence-electron chi connectivity index (χ0n) is 14.0. The van der Waals surface area contributed by atoms with Crippen LogP contribution in [-0.4, -0.2) is 33.8 Å². The Morgan fingerprint density at radius 1 is 1.62 bits per heavy atom. The summed E-state index contributed by atoms with van der Waals surface area (Å²) in [5.74, 6) is 0.620. The maximum atomic E-state index is 12.7. The highest BCUT2D eigenvalue weighted by atomic mass is 32.1. The molecular formula is C17H23N3O3S. The lowest BCUT2D eigenvalue weighted by atomic mass is 10.1. The number of rotatable bonds is 5. The molecule has 0 spiro atoms. The molecule has 2 aromatic rings. The number of aliphatic hydroxyl groups excluding tert-OH is 1. The van der Waals surface area contributed by atoms with Crippen molar-refractivity contribution in [3.05, 3.63) is 33.8 Å². The van der Waals surface area contributed by atoms with Crippen molar-refractivity contribution in [2.45, 2.75) is 51.7 Å². The third kappa shape index (κ3) is 3.47. The number of anilines is 1. The minimum absolute atomic E-state index is 0.0485. The van der Waals surface area contributed by atoms with Crippen LogP contribution in [0.25, 0.3) is 0 Å². The molecule has 2 atom stereocenters. The fourth-order valence-corrected chi connectivity index (χ4v) is 3.93. The van der Waals surface area contributed by atoms with E-state index in [1.807, 2.05) is 29.3 Å². The Bertz CT molecular complexity index is 683. The number of amides is 2. The summed E-state index contributed by atoms with van der Waals surface area (Å²) < 4.78 is 5.17. The highest BCUT2D eigenvalue weighted by Gasteiger charge is 2.31. The highest BCUT2D eigenvalue weighted by molar-refractivity contribution is 7.10. The van der Waals surface area contributed by atoms with Crippen LogP contribution >= 0.6 is 11.3 Å². The third-order valence-electron chi connectivity index (χ3n) is 4.51. The minimum Gasteiger partial charge on any atom is -0.387 e. The van der Waals surface area contributed by atoms with Gasteiger partial charge in [-0.05, 0) is 44.1 Å². The summed E-state index contributed by atoms with van der Waals surface area (Å²) in [6.45, 7) is 4.48. The molecule has 3 rings (SSSR count). The molecule has 2 amide bonds. The summed E-state index contributed by atoms with van der Waals surface area (Å²) in [6, 6.07) is 3.77. The maximum Gasteiger partial charge on any atom is 0.322 e. The number of hydrogen-bond acceptors (Lipinski definition) is 5. The van der Waals surface area contributed by atoms with Gasteiger partial charge in [0, 0.05) is 17.5 Å². The summed E-state index contributed by atoms with van der Waals surface area (Å²) in [7, 11) is 0. The molecule has 24 heavy (non-hydrogen) atoms. The van der Waals surface area contributed by atoms with Gasteiger partial charge < -0.3 is 19.8 Å². The highest BCUT2D eigenvalue weighted by Crippen LogP contribution is 2.30. The van der Waals surface area contributed by atoms with Crippen LogP contribution in [0.15, 0.2) is 22.0 Å². The summed E-state index contributed by atoms with van der Waals surface area (Å²) in [5, 5.41) is 19.2. The van der Waals surface area contributed by atoms with Crippen LogP contribution in [0.3, 0.4) is 0 Å². The average Bonchev–Trinajstić information content (AvgIpc) is 3.29. The Hall–Kier alpha value is -1.86. The predicted octanol–water partition coefficient (Wildman–Crippen LogP) is 3.73. The first-order chi connectivity index (χ1) is 11.6. The quantitative estimate of drug-likeness (QED) is 0.862. The van der Waals surface area contributed by atoms with E-state index in [1.165, 1.54) is 0 Å². The second-order valence-corrected chi connectivity index (χ2v) is 7.08. The van der Waals surface area contributed by atoms with Gasteiger partial charge in [-0.15, -0.1) is 11.3 Å². The lowest BCUT2D eigenvalue weighted by Gasteiger charge is -2.26. The predicted molar refractivity (Wildman–Crippen MR) is 93.3 cm³/mol. The number of carbonyl (C=O) groups excluding carboxylic acids is 1. The number of aromatic nitrogens is 1. The standard InChI is InChI=1S/C17H23N3O3S/c1-3-13-16(11(2)23-19-13)18-17(22)20-8-4-6-12(20)10-14(21)15-7-5-9-24-15/h5,7,9,12,14,21H,3-4,6,8,10H2,1-2H3,(H,18,22). The Kier molecular flexibility index (Phi) is 5.20. The number of thiophene rings is 1. The number of aryl methyl sites for hydroxylation is 2. The van der Waals surface area contributed by atoms with Crippen molar-refractivity contribution >= 4 is 23.1 Å². The lowest BCUT2D eigenvalue weighted by molar-refractivity contribution is 0.132. The number of urea groups is 1. The van der Waals surface area contributed by atoms with Crippen LogP contribution in [0.4, 0.5) is 10.5 Å². The van der Waals surface area contributed by atoms with E-state index in [0.29, 0.717) is 30.8 Å². The summed E-state index contributed by atoms with van der Waals surface area (Å²) in [6.07, 6.45) is 2.62. The van der Waals surface area contributed by atoms with E-state index in [9.17, 15) is 9.90 Å². The fourth-order valence-electron chi connectivity index (χ4n) is 3.20. The van der Waals surface area contributed by atoms with Gasteiger partial charge in [0.05, 0.1) is 6.10 Å². The molecule has 6 nitrogen and oxygen atoms in total. The molecule has 1 aliphatic heterocycles. The third-order valence-corrected chi connectivity index (χ3v) is 5.48. The van der Waals surface area contributed by atoms with Gasteiger partial charge in [-0.3, -0.25) is 0 Å². The molecule has 2 aromatic heterocycles. The number of nitrogens with one attached hydrogen (secondary N) is 1. The second-order valence-electron chi connectivity index (χ2n) is 6.10. The van der Waals surface area contributed by atoms with E-state index in [-0.39, 0.29) is 12.1 Å². The van der Waals surface area contributed by atoms with Crippen molar-refractivity contribution in [3.8, 4) is 0 Å². The Morgan fingerprint density at radius 3 is 3.17 bits per heavy atom. The van der Waals surface area contributed by atoms with Gasteiger partial charge in [-0.2, -0.15) is 0 Å². The summed E-state index contributed by atoms with van der Waals surface area (Å²) in [5.41, 5.74) is 1.43. The van der Waals surface area contributed by atoms with E-state index in [2.05, 4.69) is 10.5 Å². The summed E-state index contributed by atoms with van der Waals surface area (Å²) in [4.78, 5) is 15.4. The molecule has 2 N–H and O–H groups in total. The van der Waals surface area contributed by atoms with Gasteiger partial charge in [-0.25, -0.2) is 4.79 Å². The van der Waals surface area contributed by atoms with E-state index in [4.69, 9.17) is 4.52 Å². The van der Waals surface area contributed by atoms with Crippen LogP contribution in [-0.2, 0) is 6.42 Å². The van der Waals surface area contributed by atoms with E-state index in [1.54, 1.807) is 18.3 Å². The first kappa shape index (κ1) is 17.0. The van der Waals surface area contributed by atoms with Gasteiger partial charge >= 0.3 is 6.03 Å². The van der Waals surface area contributed by atoms with Crippen molar-refractivity contribution < 1.29 is 14.4 Å². The Morgan fingerprint density at radius 2 is 2.46 bits per heavy atom. The molecule has 130 valence electrons. The molecule has 0 radical (unpaired) electrons. The first-order valence-corrected chi connectivity index (χ1v) is 9.22. The maximum absolute atomic E-state index is 12.7. The number of hydrogen-bond donors (Lipinski definition) is 2. The van der Waals surface area contributed by atoms with Gasteiger partial charge in [0.1, 0.15) is 11.4 Å². The normalized spacial score (nSPS) is 18.8. The summed E-state index contributed by atoms with van der Waals surface area (Å²) >= 11 is 1.54. The largest absolute Gasteiger partial charge is 0.387 e. The Balaban J connectivity index is 1.66. The zero-order valence-corrected chi connectivity index (χ0v) is 14.8. The van der Waals surface area contributed by atoms with E-state index in [0.717, 1.165) is 23.4 Å². The van der Waals surface area contributed by atoms with Gasteiger partial charge in [0.25, 0.3) is 0 Å². The van der Waals surface area contributed by atoms with Crippen molar-refractivity contribution in [1.29, 1.82) is 0 Å². The smallest absolute Gasteiger partial charge is 0.322 e. The number of likely N-dealkylation sites (tertiary alicyclic amines) is 1. The average molecular weight is 349 g/mol. The number of aliphatic hydroxyl groups is 1. The van der Waals surface area contributed by atoms with Crippen LogP contribution in [0, 0.1) is 6.92 Å². The van der Waals surface area contributed by atoms with Crippen LogP contribution in [0.5, 0.6) is 0 Å².